The first-order valence-electron chi connectivity index (χ1n) is 3.66. The zero-order valence-electron chi connectivity index (χ0n) is 6.76. The molecular formula is C8H9Br2NO2. The van der Waals surface area contributed by atoms with Gasteiger partial charge in [0.2, 0.25) is 0 Å². The number of alkyl halides is 2. The molecule has 1 atom stereocenters. The smallest absolute Gasteiger partial charge is 0.168 e. The Balaban J connectivity index is 3.10. The molecule has 13 heavy (non-hydrogen) atoms. The number of rotatable bonds is 3. The molecule has 0 radical (unpaired) electrons. The van der Waals surface area contributed by atoms with E-state index >= 15 is 0 Å². The number of benzene rings is 1. The van der Waals surface area contributed by atoms with Gasteiger partial charge in [-0.1, -0.05) is 44.0 Å². The first-order chi connectivity index (χ1) is 6.19. The van der Waals surface area contributed by atoms with Crippen LogP contribution in [-0.4, -0.2) is 5.21 Å². The van der Waals surface area contributed by atoms with Gasteiger partial charge >= 0.3 is 0 Å². The highest BCUT2D eigenvalue weighted by molar-refractivity contribution is 9.08. The Hall–Kier alpha value is 0.0600. The molecule has 0 aliphatic carbocycles. The SMILES string of the molecule is [O-][NH+](O)c1cc(CBr)ccc1CBr. The molecule has 1 aromatic rings. The Bertz CT molecular complexity index is 291. The Morgan fingerprint density at radius 1 is 1.31 bits per heavy atom. The van der Waals surface area contributed by atoms with Gasteiger partial charge in [0.25, 0.3) is 0 Å². The van der Waals surface area contributed by atoms with Crippen LogP contribution in [0.5, 0.6) is 0 Å². The molecule has 0 aliphatic heterocycles. The second-order valence-corrected chi connectivity index (χ2v) is 3.69. The summed E-state index contributed by atoms with van der Waals surface area (Å²) >= 11 is 6.53. The van der Waals surface area contributed by atoms with Crippen molar-refractivity contribution < 1.29 is 10.4 Å². The maximum absolute atomic E-state index is 10.8. The normalized spacial score (nSPS) is 12.9. The van der Waals surface area contributed by atoms with Gasteiger partial charge in [-0.25, -0.2) is 5.21 Å². The molecule has 0 spiro atoms. The molecular weight excluding hydrogens is 302 g/mol. The topological polar surface area (TPSA) is 47.7 Å². The Labute approximate surface area is 93.2 Å². The molecule has 0 amide bonds. The summed E-state index contributed by atoms with van der Waals surface area (Å²) in [5, 5.41) is 20.1. The van der Waals surface area contributed by atoms with E-state index in [0.717, 1.165) is 11.1 Å². The minimum absolute atomic E-state index is 0.369. The van der Waals surface area contributed by atoms with Crippen molar-refractivity contribution in [3.05, 3.63) is 34.5 Å². The van der Waals surface area contributed by atoms with Crippen LogP contribution in [0.15, 0.2) is 18.2 Å². The fourth-order valence-electron chi connectivity index (χ4n) is 1.02. The van der Waals surface area contributed by atoms with Crippen molar-refractivity contribution in [1.82, 2.24) is 0 Å². The standard InChI is InChI=1S/C8H9Br2NO2/c9-4-6-1-2-7(5-10)8(3-6)11(12)13/h1-3,11-12H,4-5H2. The van der Waals surface area contributed by atoms with Crippen molar-refractivity contribution >= 4 is 37.5 Å². The van der Waals surface area contributed by atoms with E-state index in [-0.39, 0.29) is 0 Å². The van der Waals surface area contributed by atoms with Crippen LogP contribution in [0.3, 0.4) is 0 Å². The average molecular weight is 311 g/mol. The molecule has 0 fully saturated rings. The third-order valence-corrected chi connectivity index (χ3v) is 2.95. The fourth-order valence-corrected chi connectivity index (χ4v) is 1.86. The van der Waals surface area contributed by atoms with E-state index in [9.17, 15) is 5.21 Å². The van der Waals surface area contributed by atoms with Gasteiger partial charge in [0.1, 0.15) is 0 Å². The second kappa shape index (κ2) is 5.07. The minimum atomic E-state index is -0.878. The van der Waals surface area contributed by atoms with E-state index in [2.05, 4.69) is 31.9 Å². The zero-order valence-corrected chi connectivity index (χ0v) is 9.93. The number of quaternary nitrogens is 1. The molecule has 3 nitrogen and oxygen atoms in total. The molecule has 1 aromatic carbocycles. The van der Waals surface area contributed by atoms with Crippen LogP contribution in [0.1, 0.15) is 11.1 Å². The highest BCUT2D eigenvalue weighted by atomic mass is 79.9. The van der Waals surface area contributed by atoms with Gasteiger partial charge in [-0.2, -0.15) is 5.23 Å². The third kappa shape index (κ3) is 2.75. The quantitative estimate of drug-likeness (QED) is 0.661. The summed E-state index contributed by atoms with van der Waals surface area (Å²) in [5.41, 5.74) is 2.15. The summed E-state index contributed by atoms with van der Waals surface area (Å²) in [6, 6.07) is 5.43. The molecule has 0 saturated heterocycles. The Morgan fingerprint density at radius 3 is 2.46 bits per heavy atom. The molecule has 2 N–H and O–H groups in total. The lowest BCUT2D eigenvalue weighted by molar-refractivity contribution is -0.991. The van der Waals surface area contributed by atoms with E-state index in [1.54, 1.807) is 6.07 Å². The molecule has 1 unspecified atom stereocenters. The van der Waals surface area contributed by atoms with Crippen LogP contribution in [0, 0.1) is 5.21 Å². The van der Waals surface area contributed by atoms with Gasteiger partial charge in [0, 0.05) is 22.3 Å². The highest BCUT2D eigenvalue weighted by Gasteiger charge is 2.08. The fraction of sp³-hybridized carbons (Fsp3) is 0.250. The number of halogens is 2. The molecule has 0 aliphatic rings. The van der Waals surface area contributed by atoms with Gasteiger partial charge in [0.15, 0.2) is 5.69 Å². The van der Waals surface area contributed by atoms with E-state index < -0.39 is 5.23 Å². The summed E-state index contributed by atoms with van der Waals surface area (Å²) < 4.78 is 0. The van der Waals surface area contributed by atoms with E-state index in [0.29, 0.717) is 16.3 Å². The van der Waals surface area contributed by atoms with Crippen molar-refractivity contribution in [2.75, 3.05) is 0 Å². The first-order valence-corrected chi connectivity index (χ1v) is 5.90. The number of hydrogen-bond acceptors (Lipinski definition) is 2. The summed E-state index contributed by atoms with van der Waals surface area (Å²) in [5.74, 6) is 0. The van der Waals surface area contributed by atoms with E-state index in [4.69, 9.17) is 5.21 Å². The lowest BCUT2D eigenvalue weighted by Crippen LogP contribution is -2.99. The van der Waals surface area contributed by atoms with Crippen molar-refractivity contribution in [1.29, 1.82) is 0 Å². The summed E-state index contributed by atoms with van der Waals surface area (Å²) in [4.78, 5) is 0. The Kier molecular flexibility index (Phi) is 4.34. The van der Waals surface area contributed by atoms with E-state index in [1.807, 2.05) is 12.1 Å². The lowest BCUT2D eigenvalue weighted by Gasteiger charge is -2.15. The van der Waals surface area contributed by atoms with Gasteiger partial charge in [-0.15, -0.1) is 0 Å². The molecule has 0 saturated carbocycles. The van der Waals surface area contributed by atoms with Crippen LogP contribution >= 0.6 is 31.9 Å². The molecule has 0 aromatic heterocycles. The van der Waals surface area contributed by atoms with Gasteiger partial charge < -0.3 is 5.21 Å². The molecule has 1 rings (SSSR count). The Morgan fingerprint density at radius 2 is 2.00 bits per heavy atom. The maximum Gasteiger partial charge on any atom is 0.168 e. The number of hydrogen-bond donors (Lipinski definition) is 2. The van der Waals surface area contributed by atoms with Gasteiger partial charge in [-0.05, 0) is 5.56 Å². The second-order valence-electron chi connectivity index (χ2n) is 2.56. The van der Waals surface area contributed by atoms with Crippen LogP contribution < -0.4 is 5.23 Å². The zero-order chi connectivity index (χ0) is 9.84. The lowest BCUT2D eigenvalue weighted by atomic mass is 10.1. The van der Waals surface area contributed by atoms with E-state index in [1.165, 1.54) is 0 Å². The van der Waals surface area contributed by atoms with Crippen LogP contribution in [-0.2, 0) is 10.7 Å². The van der Waals surface area contributed by atoms with Crippen molar-refractivity contribution in [2.45, 2.75) is 10.7 Å². The molecule has 5 heteroatoms. The predicted molar refractivity (Wildman–Crippen MR) is 57.5 cm³/mol. The predicted octanol–water partition coefficient (Wildman–Crippen LogP) is 1.88. The van der Waals surface area contributed by atoms with Gasteiger partial charge in [-0.3, -0.25) is 0 Å². The number of nitrogens with one attached hydrogen (secondary N) is 1. The highest BCUT2D eigenvalue weighted by Crippen LogP contribution is 2.18. The maximum atomic E-state index is 10.8. The average Bonchev–Trinajstić information content (AvgIpc) is 2.16. The van der Waals surface area contributed by atoms with Crippen LogP contribution in [0.25, 0.3) is 0 Å². The van der Waals surface area contributed by atoms with Crippen LogP contribution in [0.2, 0.25) is 0 Å². The first kappa shape index (κ1) is 11.1. The summed E-state index contributed by atoms with van der Waals surface area (Å²) in [6.07, 6.45) is 0. The summed E-state index contributed by atoms with van der Waals surface area (Å²) in [7, 11) is 0. The van der Waals surface area contributed by atoms with Crippen molar-refractivity contribution in [3.8, 4) is 0 Å². The van der Waals surface area contributed by atoms with Crippen LogP contribution in [0.4, 0.5) is 5.69 Å². The van der Waals surface area contributed by atoms with Gasteiger partial charge in [0.05, 0.1) is 0 Å². The minimum Gasteiger partial charge on any atom is -0.595 e. The monoisotopic (exact) mass is 309 g/mol. The van der Waals surface area contributed by atoms with Crippen molar-refractivity contribution in [3.63, 3.8) is 0 Å². The summed E-state index contributed by atoms with van der Waals surface area (Å²) in [6.45, 7) is 0. The molecule has 72 valence electrons. The molecule has 0 heterocycles. The molecule has 0 bridgehead atoms. The largest absolute Gasteiger partial charge is 0.595 e. The third-order valence-electron chi connectivity index (χ3n) is 1.70. The van der Waals surface area contributed by atoms with Crippen molar-refractivity contribution in [2.24, 2.45) is 0 Å².